The number of carbonyl (C=O) groups excluding carboxylic acids is 1. The number of nitriles is 1. The van der Waals surface area contributed by atoms with Crippen LogP contribution in [-0.2, 0) is 4.79 Å². The Morgan fingerprint density at radius 1 is 1.71 bits per heavy atom. The first-order chi connectivity index (χ1) is 8.27. The topological polar surface area (TPSA) is 77.8 Å². The second-order valence-corrected chi connectivity index (χ2v) is 4.22. The lowest BCUT2D eigenvalue weighted by Gasteiger charge is -2.02. The third-order valence-corrected chi connectivity index (χ3v) is 2.70. The van der Waals surface area contributed by atoms with Crippen molar-refractivity contribution in [3.05, 3.63) is 23.3 Å². The molecule has 0 saturated heterocycles. The van der Waals surface area contributed by atoms with Gasteiger partial charge >= 0.3 is 0 Å². The van der Waals surface area contributed by atoms with Gasteiger partial charge < -0.3 is 10.6 Å². The van der Waals surface area contributed by atoms with Crippen LogP contribution in [0.2, 0.25) is 0 Å². The highest BCUT2D eigenvalue weighted by Gasteiger charge is 2.07. The first kappa shape index (κ1) is 13.5. The van der Waals surface area contributed by atoms with Gasteiger partial charge in [-0.25, -0.2) is 4.98 Å². The molecule has 0 unspecified atom stereocenters. The zero-order valence-electron chi connectivity index (χ0n) is 8.94. The molecular weight excluding hydrogens is 260 g/mol. The van der Waals surface area contributed by atoms with Crippen LogP contribution in [0.4, 0.5) is 5.13 Å². The third-order valence-electron chi connectivity index (χ3n) is 1.73. The van der Waals surface area contributed by atoms with E-state index in [1.54, 1.807) is 11.6 Å². The Morgan fingerprint density at radius 2 is 2.53 bits per heavy atom. The second kappa shape index (κ2) is 7.65. The molecule has 0 aromatic carbocycles. The number of thiazole rings is 1. The van der Waals surface area contributed by atoms with Gasteiger partial charge in [0, 0.05) is 30.2 Å². The number of nitrogens with zero attached hydrogens (tertiary/aromatic N) is 2. The Labute approximate surface area is 108 Å². The van der Waals surface area contributed by atoms with Crippen molar-refractivity contribution in [2.75, 3.05) is 17.7 Å². The molecule has 0 bridgehead atoms. The van der Waals surface area contributed by atoms with Crippen LogP contribution in [0.25, 0.3) is 0 Å². The number of carbonyl (C=O) groups is 1. The van der Waals surface area contributed by atoms with Crippen molar-refractivity contribution in [2.45, 2.75) is 6.42 Å². The van der Waals surface area contributed by atoms with Crippen LogP contribution < -0.4 is 10.6 Å². The average Bonchev–Trinajstić information content (AvgIpc) is 2.83. The van der Waals surface area contributed by atoms with Crippen molar-refractivity contribution < 1.29 is 4.79 Å². The number of hydrogen-bond acceptors (Lipinski definition) is 5. The van der Waals surface area contributed by atoms with Gasteiger partial charge in [0.1, 0.15) is 11.6 Å². The van der Waals surface area contributed by atoms with E-state index in [2.05, 4.69) is 15.6 Å². The van der Waals surface area contributed by atoms with E-state index < -0.39 is 5.91 Å². The molecule has 0 aliphatic carbocycles. The fourth-order valence-electron chi connectivity index (χ4n) is 0.941. The van der Waals surface area contributed by atoms with Crippen molar-refractivity contribution in [3.8, 4) is 6.07 Å². The van der Waals surface area contributed by atoms with Crippen LogP contribution in [0.15, 0.2) is 23.3 Å². The molecular formula is C10H11ClN4OS. The summed E-state index contributed by atoms with van der Waals surface area (Å²) in [5.74, 6) is 0.0603. The molecule has 0 aliphatic rings. The number of anilines is 1. The summed E-state index contributed by atoms with van der Waals surface area (Å²) in [6, 6.07) is 1.82. The number of aromatic nitrogens is 1. The van der Waals surface area contributed by atoms with Gasteiger partial charge in [-0.05, 0) is 6.42 Å². The minimum atomic E-state index is -0.415. The maximum Gasteiger partial charge on any atom is 0.263 e. The highest BCUT2D eigenvalue weighted by atomic mass is 35.5. The highest BCUT2D eigenvalue weighted by molar-refractivity contribution is 7.13. The molecule has 0 radical (unpaired) electrons. The third kappa shape index (κ3) is 4.85. The predicted octanol–water partition coefficient (Wildman–Crippen LogP) is 1.71. The Hall–Kier alpha value is -1.58. The van der Waals surface area contributed by atoms with E-state index >= 15 is 0 Å². The van der Waals surface area contributed by atoms with Crippen LogP contribution in [0, 0.1) is 11.3 Å². The van der Waals surface area contributed by atoms with Gasteiger partial charge in [-0.3, -0.25) is 4.79 Å². The molecule has 1 heterocycles. The van der Waals surface area contributed by atoms with Crippen molar-refractivity contribution in [1.82, 2.24) is 10.3 Å². The maximum atomic E-state index is 11.5. The molecule has 90 valence electrons. The van der Waals surface area contributed by atoms with Crippen molar-refractivity contribution in [2.24, 2.45) is 0 Å². The summed E-state index contributed by atoms with van der Waals surface area (Å²) in [6.07, 6.45) is 3.65. The zero-order chi connectivity index (χ0) is 12.5. The number of amides is 1. The summed E-state index contributed by atoms with van der Waals surface area (Å²) in [4.78, 5) is 15.5. The Balaban J connectivity index is 2.49. The quantitative estimate of drug-likeness (QED) is 0.357. The van der Waals surface area contributed by atoms with Gasteiger partial charge in [0.25, 0.3) is 5.91 Å². The molecule has 0 fully saturated rings. The van der Waals surface area contributed by atoms with Crippen LogP contribution in [-0.4, -0.2) is 23.3 Å². The van der Waals surface area contributed by atoms with Gasteiger partial charge in [0.15, 0.2) is 5.13 Å². The zero-order valence-corrected chi connectivity index (χ0v) is 10.5. The van der Waals surface area contributed by atoms with Crippen LogP contribution >= 0.6 is 22.9 Å². The largest absolute Gasteiger partial charge is 0.351 e. The van der Waals surface area contributed by atoms with Crippen LogP contribution in [0.5, 0.6) is 0 Å². The minimum Gasteiger partial charge on any atom is -0.351 e. The van der Waals surface area contributed by atoms with Crippen LogP contribution in [0.1, 0.15) is 6.42 Å². The normalized spacial score (nSPS) is 10.7. The Kier molecular flexibility index (Phi) is 6.07. The van der Waals surface area contributed by atoms with Crippen molar-refractivity contribution in [3.63, 3.8) is 0 Å². The fourth-order valence-corrected chi connectivity index (χ4v) is 1.57. The molecule has 1 amide bonds. The fraction of sp³-hybridized carbons (Fsp3) is 0.300. The van der Waals surface area contributed by atoms with E-state index in [-0.39, 0.29) is 5.57 Å². The molecule has 0 aliphatic heterocycles. The molecule has 5 nitrogen and oxygen atoms in total. The van der Waals surface area contributed by atoms with E-state index in [9.17, 15) is 4.79 Å². The van der Waals surface area contributed by atoms with E-state index in [4.69, 9.17) is 16.9 Å². The monoisotopic (exact) mass is 270 g/mol. The van der Waals surface area contributed by atoms with Crippen molar-refractivity contribution >= 4 is 34.0 Å². The van der Waals surface area contributed by atoms with Gasteiger partial charge in [-0.15, -0.1) is 22.9 Å². The van der Waals surface area contributed by atoms with Gasteiger partial charge in [0.2, 0.25) is 0 Å². The number of halogens is 1. The molecule has 1 aromatic heterocycles. The Bertz CT molecular complexity index is 424. The number of nitrogens with one attached hydrogen (secondary N) is 2. The minimum absolute atomic E-state index is 0.00905. The van der Waals surface area contributed by atoms with Gasteiger partial charge in [0.05, 0.1) is 0 Å². The first-order valence-corrected chi connectivity index (χ1v) is 6.30. The lowest BCUT2D eigenvalue weighted by Crippen LogP contribution is -2.26. The molecule has 7 heteroatoms. The number of rotatable bonds is 6. The molecule has 17 heavy (non-hydrogen) atoms. The summed E-state index contributed by atoms with van der Waals surface area (Å²) in [5, 5.41) is 16.6. The lowest BCUT2D eigenvalue weighted by molar-refractivity contribution is -0.117. The molecule has 0 saturated carbocycles. The summed E-state index contributed by atoms with van der Waals surface area (Å²) in [5.41, 5.74) is 0.00905. The summed E-state index contributed by atoms with van der Waals surface area (Å²) >= 11 is 6.86. The van der Waals surface area contributed by atoms with Crippen LogP contribution in [0.3, 0.4) is 0 Å². The lowest BCUT2D eigenvalue weighted by atomic mass is 10.3. The van der Waals surface area contributed by atoms with E-state index in [0.29, 0.717) is 24.0 Å². The van der Waals surface area contributed by atoms with Crippen molar-refractivity contribution in [1.29, 1.82) is 5.26 Å². The van der Waals surface area contributed by atoms with E-state index in [1.165, 1.54) is 17.5 Å². The molecule has 0 spiro atoms. The molecule has 1 aromatic rings. The standard InChI is InChI=1S/C10H11ClN4OS/c11-2-1-3-13-9(16)8(6-12)7-15-10-14-4-5-17-10/h4-5,7H,1-3H2,(H,13,16)(H,14,15)/b8-7-. The SMILES string of the molecule is N#C/C(=C/Nc1nccs1)C(=O)NCCCCl. The predicted molar refractivity (Wildman–Crippen MR) is 67.8 cm³/mol. The maximum absolute atomic E-state index is 11.5. The Morgan fingerprint density at radius 3 is 3.12 bits per heavy atom. The van der Waals surface area contributed by atoms with E-state index in [0.717, 1.165) is 0 Å². The first-order valence-electron chi connectivity index (χ1n) is 4.88. The summed E-state index contributed by atoms with van der Waals surface area (Å²) in [7, 11) is 0. The number of hydrogen-bond donors (Lipinski definition) is 2. The molecule has 1 rings (SSSR count). The van der Waals surface area contributed by atoms with E-state index in [1.807, 2.05) is 6.07 Å². The molecule has 2 N–H and O–H groups in total. The molecule has 0 atom stereocenters. The summed E-state index contributed by atoms with van der Waals surface area (Å²) in [6.45, 7) is 0.457. The van der Waals surface area contributed by atoms with Gasteiger partial charge in [-0.2, -0.15) is 5.26 Å². The average molecular weight is 271 g/mol. The highest BCUT2D eigenvalue weighted by Crippen LogP contribution is 2.10. The summed E-state index contributed by atoms with van der Waals surface area (Å²) < 4.78 is 0. The number of alkyl halides is 1. The smallest absolute Gasteiger partial charge is 0.263 e. The second-order valence-electron chi connectivity index (χ2n) is 2.95. The van der Waals surface area contributed by atoms with Gasteiger partial charge in [-0.1, -0.05) is 0 Å².